The summed E-state index contributed by atoms with van der Waals surface area (Å²) in [6.45, 7) is 2.55. The van der Waals surface area contributed by atoms with Crippen molar-refractivity contribution in [2.75, 3.05) is 6.54 Å². The van der Waals surface area contributed by atoms with E-state index in [1.165, 1.54) is 5.56 Å². The van der Waals surface area contributed by atoms with E-state index in [4.69, 9.17) is 4.52 Å². The van der Waals surface area contributed by atoms with Crippen LogP contribution in [0.1, 0.15) is 16.9 Å². The monoisotopic (exact) mass is 230 g/mol. The zero-order valence-electron chi connectivity index (χ0n) is 9.47. The highest BCUT2D eigenvalue weighted by molar-refractivity contribution is 5.29. The lowest BCUT2D eigenvalue weighted by Crippen LogP contribution is -2.29. The average Bonchev–Trinajstić information content (AvgIpc) is 2.72. The molecule has 3 rings (SSSR count). The van der Waals surface area contributed by atoms with Crippen LogP contribution in [0.5, 0.6) is 5.88 Å². The molecule has 2 heterocycles. The first kappa shape index (κ1) is 10.4. The third-order valence-corrected chi connectivity index (χ3v) is 3.14. The van der Waals surface area contributed by atoms with E-state index in [1.54, 1.807) is 0 Å². The maximum atomic E-state index is 9.45. The highest BCUT2D eigenvalue weighted by atomic mass is 16.5. The summed E-state index contributed by atoms with van der Waals surface area (Å²) in [7, 11) is 0. The standard InChI is InChI=1S/C13H14N2O2/c16-13-11-6-7-15(9-12(11)17-14-13)8-10-4-2-1-3-5-10/h1-5H,6-9H2,(H,14,16). The largest absolute Gasteiger partial charge is 0.491 e. The van der Waals surface area contributed by atoms with E-state index in [0.717, 1.165) is 37.4 Å². The lowest BCUT2D eigenvalue weighted by molar-refractivity contribution is 0.210. The summed E-state index contributed by atoms with van der Waals surface area (Å²) in [5.41, 5.74) is 2.16. The molecule has 0 spiro atoms. The Hall–Kier alpha value is -1.81. The topological polar surface area (TPSA) is 49.5 Å². The van der Waals surface area contributed by atoms with Gasteiger partial charge >= 0.3 is 0 Å². The smallest absolute Gasteiger partial charge is 0.255 e. The molecule has 17 heavy (non-hydrogen) atoms. The number of hydrogen-bond acceptors (Lipinski definition) is 4. The van der Waals surface area contributed by atoms with Gasteiger partial charge in [0.05, 0.1) is 12.1 Å². The van der Waals surface area contributed by atoms with Crippen LogP contribution in [0.4, 0.5) is 0 Å². The molecule has 1 aromatic heterocycles. The Morgan fingerprint density at radius 1 is 1.29 bits per heavy atom. The molecule has 1 aliphatic heterocycles. The molecule has 0 aliphatic carbocycles. The van der Waals surface area contributed by atoms with Gasteiger partial charge in [0.15, 0.2) is 5.76 Å². The van der Waals surface area contributed by atoms with Crippen LogP contribution in [0.25, 0.3) is 0 Å². The van der Waals surface area contributed by atoms with Crippen molar-refractivity contribution in [3.8, 4) is 5.88 Å². The Kier molecular flexibility index (Phi) is 2.57. The Morgan fingerprint density at radius 3 is 2.94 bits per heavy atom. The minimum Gasteiger partial charge on any atom is -0.491 e. The van der Waals surface area contributed by atoms with E-state index in [0.29, 0.717) is 0 Å². The van der Waals surface area contributed by atoms with Gasteiger partial charge < -0.3 is 9.63 Å². The van der Waals surface area contributed by atoms with E-state index in [1.807, 2.05) is 18.2 Å². The Balaban J connectivity index is 1.72. The number of aromatic nitrogens is 1. The quantitative estimate of drug-likeness (QED) is 0.856. The minimum absolute atomic E-state index is 0.0550. The van der Waals surface area contributed by atoms with Crippen molar-refractivity contribution < 1.29 is 9.63 Å². The van der Waals surface area contributed by atoms with Crippen molar-refractivity contribution in [3.63, 3.8) is 0 Å². The fourth-order valence-electron chi connectivity index (χ4n) is 2.24. The third-order valence-electron chi connectivity index (χ3n) is 3.14. The molecule has 4 heteroatoms. The zero-order valence-corrected chi connectivity index (χ0v) is 9.47. The lowest BCUT2D eigenvalue weighted by atomic mass is 10.1. The van der Waals surface area contributed by atoms with Gasteiger partial charge in [0, 0.05) is 13.1 Å². The number of benzene rings is 1. The predicted molar refractivity (Wildman–Crippen MR) is 62.4 cm³/mol. The molecule has 1 aliphatic rings. The van der Waals surface area contributed by atoms with Crippen LogP contribution in [0.2, 0.25) is 0 Å². The first-order chi connectivity index (χ1) is 8.33. The Bertz CT molecular complexity index is 507. The second-order valence-electron chi connectivity index (χ2n) is 4.35. The van der Waals surface area contributed by atoms with Crippen molar-refractivity contribution in [3.05, 3.63) is 47.2 Å². The van der Waals surface area contributed by atoms with Gasteiger partial charge in [0.25, 0.3) is 5.88 Å². The molecule has 0 bridgehead atoms. The SMILES string of the molecule is Oc1noc2c1CCN(Cc1ccccc1)C2. The lowest BCUT2D eigenvalue weighted by Gasteiger charge is -2.24. The van der Waals surface area contributed by atoms with Crippen molar-refractivity contribution in [1.29, 1.82) is 0 Å². The van der Waals surface area contributed by atoms with Crippen LogP contribution >= 0.6 is 0 Å². The molecule has 4 nitrogen and oxygen atoms in total. The molecule has 1 aromatic carbocycles. The highest BCUT2D eigenvalue weighted by Gasteiger charge is 2.23. The fraction of sp³-hybridized carbons (Fsp3) is 0.308. The Morgan fingerprint density at radius 2 is 2.12 bits per heavy atom. The van der Waals surface area contributed by atoms with Crippen LogP contribution < -0.4 is 0 Å². The van der Waals surface area contributed by atoms with Gasteiger partial charge in [-0.05, 0) is 17.1 Å². The van der Waals surface area contributed by atoms with Crippen LogP contribution in [-0.2, 0) is 19.5 Å². The summed E-state index contributed by atoms with van der Waals surface area (Å²) in [5, 5.41) is 13.0. The van der Waals surface area contributed by atoms with Crippen molar-refractivity contribution in [1.82, 2.24) is 10.1 Å². The first-order valence-corrected chi connectivity index (χ1v) is 5.75. The predicted octanol–water partition coefficient (Wildman–Crippen LogP) is 1.94. The molecule has 2 aromatic rings. The summed E-state index contributed by atoms with van der Waals surface area (Å²) >= 11 is 0. The molecule has 0 atom stereocenters. The molecular formula is C13H14N2O2. The number of rotatable bonds is 2. The normalized spacial score (nSPS) is 15.8. The molecule has 0 saturated carbocycles. The fourth-order valence-corrected chi connectivity index (χ4v) is 2.24. The number of fused-ring (bicyclic) bond motifs is 1. The molecule has 1 N–H and O–H groups in total. The van der Waals surface area contributed by atoms with E-state index in [9.17, 15) is 5.11 Å². The molecule has 0 unspecified atom stereocenters. The van der Waals surface area contributed by atoms with Crippen molar-refractivity contribution in [2.24, 2.45) is 0 Å². The van der Waals surface area contributed by atoms with E-state index < -0.39 is 0 Å². The van der Waals surface area contributed by atoms with Gasteiger partial charge in [-0.15, -0.1) is 0 Å². The number of hydrogen-bond donors (Lipinski definition) is 1. The summed E-state index contributed by atoms with van der Waals surface area (Å²) in [4.78, 5) is 2.29. The van der Waals surface area contributed by atoms with Gasteiger partial charge in [-0.1, -0.05) is 30.3 Å². The van der Waals surface area contributed by atoms with Crippen LogP contribution in [0.15, 0.2) is 34.9 Å². The summed E-state index contributed by atoms with van der Waals surface area (Å²) in [5.74, 6) is 0.851. The van der Waals surface area contributed by atoms with Gasteiger partial charge in [-0.3, -0.25) is 4.90 Å². The maximum Gasteiger partial charge on any atom is 0.255 e. The van der Waals surface area contributed by atoms with Gasteiger partial charge in [-0.25, -0.2) is 0 Å². The number of aromatic hydroxyl groups is 1. The summed E-state index contributed by atoms with van der Waals surface area (Å²) in [6.07, 6.45) is 0.803. The van der Waals surface area contributed by atoms with Gasteiger partial charge in [0.1, 0.15) is 0 Å². The first-order valence-electron chi connectivity index (χ1n) is 5.75. The second-order valence-corrected chi connectivity index (χ2v) is 4.35. The average molecular weight is 230 g/mol. The zero-order chi connectivity index (χ0) is 11.7. The van der Waals surface area contributed by atoms with E-state index >= 15 is 0 Å². The molecule has 0 saturated heterocycles. The minimum atomic E-state index is 0.0550. The molecular weight excluding hydrogens is 216 g/mol. The molecule has 88 valence electrons. The highest BCUT2D eigenvalue weighted by Crippen LogP contribution is 2.26. The van der Waals surface area contributed by atoms with Crippen LogP contribution in [0, 0.1) is 0 Å². The van der Waals surface area contributed by atoms with Gasteiger partial charge in [-0.2, -0.15) is 0 Å². The van der Waals surface area contributed by atoms with Crippen molar-refractivity contribution >= 4 is 0 Å². The molecule has 0 radical (unpaired) electrons. The molecule has 0 fully saturated rings. The Labute approximate surface area is 99.5 Å². The van der Waals surface area contributed by atoms with Crippen LogP contribution in [0.3, 0.4) is 0 Å². The van der Waals surface area contributed by atoms with Gasteiger partial charge in [0.2, 0.25) is 0 Å². The van der Waals surface area contributed by atoms with E-state index in [-0.39, 0.29) is 5.88 Å². The second kappa shape index (κ2) is 4.22. The van der Waals surface area contributed by atoms with Crippen molar-refractivity contribution in [2.45, 2.75) is 19.5 Å². The molecule has 0 amide bonds. The van der Waals surface area contributed by atoms with Crippen LogP contribution in [-0.4, -0.2) is 21.7 Å². The number of nitrogens with zero attached hydrogens (tertiary/aromatic N) is 2. The maximum absolute atomic E-state index is 9.45. The summed E-state index contributed by atoms with van der Waals surface area (Å²) < 4.78 is 5.11. The van der Waals surface area contributed by atoms with E-state index in [2.05, 4.69) is 22.2 Å². The third kappa shape index (κ3) is 2.03. The summed E-state index contributed by atoms with van der Waals surface area (Å²) in [6, 6.07) is 10.4.